The fourth-order valence-electron chi connectivity index (χ4n) is 0.127. The van der Waals surface area contributed by atoms with E-state index in [0.29, 0.717) is 0 Å². The van der Waals surface area contributed by atoms with Crippen LogP contribution in [0, 0.1) is 0 Å². The Morgan fingerprint density at radius 2 is 1.85 bits per heavy atom. The molecule has 0 aliphatic rings. The van der Waals surface area contributed by atoms with Gasteiger partial charge in [-0.15, -0.1) is 6.58 Å². The van der Waals surface area contributed by atoms with E-state index in [-0.39, 0.29) is 12.2 Å². The molecule has 0 unspecified atom stereocenters. The first-order valence-electron chi connectivity index (χ1n) is 3.23. The van der Waals surface area contributed by atoms with Gasteiger partial charge in [0, 0.05) is 6.61 Å². The number of aliphatic carboxylic acids is 1. The van der Waals surface area contributed by atoms with E-state index in [4.69, 9.17) is 0 Å². The lowest BCUT2D eigenvalue weighted by atomic mass is 10.4. The number of carbonyl (C=O) groups is 2. The lowest BCUT2D eigenvalue weighted by Gasteiger charge is -2.00. The first-order chi connectivity index (χ1) is 5.91. The highest BCUT2D eigenvalue weighted by molar-refractivity contribution is 5.82. The maximum Gasteiger partial charge on any atom is 0.252 e. The molecular formula is C8H10O5-2. The Kier molecular flexibility index (Phi) is 8.82. The summed E-state index contributed by atoms with van der Waals surface area (Å²) >= 11 is 0. The van der Waals surface area contributed by atoms with Crippen molar-refractivity contribution in [2.75, 3.05) is 6.61 Å². The van der Waals surface area contributed by atoms with Gasteiger partial charge in [-0.3, -0.25) is 0 Å². The number of carboxylic acid groups (broad SMARTS) is 2. The number of ether oxygens (including phenoxy) is 1. The predicted octanol–water partition coefficient (Wildman–Crippen LogP) is -1.16. The van der Waals surface area contributed by atoms with E-state index in [1.54, 1.807) is 0 Å². The summed E-state index contributed by atoms with van der Waals surface area (Å²) in [5.41, 5.74) is 0.0648. The zero-order valence-electron chi connectivity index (χ0n) is 7.24. The van der Waals surface area contributed by atoms with Crippen molar-refractivity contribution in [3.8, 4) is 0 Å². The fourth-order valence-corrected chi connectivity index (χ4v) is 0.127. The van der Waals surface area contributed by atoms with Crippen molar-refractivity contribution < 1.29 is 24.5 Å². The maximum atomic E-state index is 9.49. The van der Waals surface area contributed by atoms with Gasteiger partial charge in [-0.05, 0) is 12.5 Å². The lowest BCUT2D eigenvalue weighted by molar-refractivity contribution is -0.299. The summed E-state index contributed by atoms with van der Waals surface area (Å²) in [6, 6.07) is 0. The molecule has 0 saturated heterocycles. The maximum absolute atomic E-state index is 9.49. The SMILES string of the molecule is C=C(C)C(=O)[O-].C=CCOC(=O)[O-]. The number of hydrogen-bond donors (Lipinski definition) is 0. The van der Waals surface area contributed by atoms with Gasteiger partial charge in [-0.1, -0.05) is 12.7 Å². The van der Waals surface area contributed by atoms with E-state index in [2.05, 4.69) is 17.9 Å². The smallest absolute Gasteiger partial charge is 0.252 e. The normalized spacial score (nSPS) is 7.46. The average molecular weight is 186 g/mol. The van der Waals surface area contributed by atoms with Crippen LogP contribution in [0.15, 0.2) is 24.8 Å². The molecular weight excluding hydrogens is 176 g/mol. The summed E-state index contributed by atoms with van der Waals surface area (Å²) in [5.74, 6) is -1.19. The average Bonchev–Trinajstić information content (AvgIpc) is 2.01. The molecule has 0 fully saturated rings. The van der Waals surface area contributed by atoms with Gasteiger partial charge in [0.15, 0.2) is 0 Å². The molecule has 0 saturated carbocycles. The molecule has 0 radical (unpaired) electrons. The summed E-state index contributed by atoms with van der Waals surface area (Å²) in [5, 5.41) is 18.9. The quantitative estimate of drug-likeness (QED) is 0.315. The molecule has 0 atom stereocenters. The van der Waals surface area contributed by atoms with E-state index < -0.39 is 12.1 Å². The molecule has 13 heavy (non-hydrogen) atoms. The summed E-state index contributed by atoms with van der Waals surface area (Å²) in [6.45, 7) is 7.70. The first kappa shape index (κ1) is 13.8. The van der Waals surface area contributed by atoms with Crippen LogP contribution >= 0.6 is 0 Å². The predicted molar refractivity (Wildman–Crippen MR) is 41.4 cm³/mol. The molecule has 0 aliphatic heterocycles. The first-order valence-corrected chi connectivity index (χ1v) is 3.23. The minimum absolute atomic E-state index is 0.00231. The number of rotatable bonds is 3. The van der Waals surface area contributed by atoms with Gasteiger partial charge in [-0.25, -0.2) is 0 Å². The third-order valence-electron chi connectivity index (χ3n) is 0.667. The summed E-state index contributed by atoms with van der Waals surface area (Å²) in [7, 11) is 0. The second-order valence-corrected chi connectivity index (χ2v) is 1.92. The summed E-state index contributed by atoms with van der Waals surface area (Å²) < 4.78 is 3.88. The third kappa shape index (κ3) is 17.8. The van der Waals surface area contributed by atoms with E-state index in [1.165, 1.54) is 13.0 Å². The number of hydrogen-bond acceptors (Lipinski definition) is 5. The molecule has 74 valence electrons. The van der Waals surface area contributed by atoms with Crippen molar-refractivity contribution in [3.05, 3.63) is 24.8 Å². The Bertz CT molecular complexity index is 195. The van der Waals surface area contributed by atoms with Crippen LogP contribution in [0.3, 0.4) is 0 Å². The second kappa shape index (κ2) is 8.32. The van der Waals surface area contributed by atoms with E-state index in [1.807, 2.05) is 0 Å². The zero-order chi connectivity index (χ0) is 10.9. The minimum atomic E-state index is -1.51. The second-order valence-electron chi connectivity index (χ2n) is 1.92. The summed E-state index contributed by atoms with van der Waals surface area (Å²) in [4.78, 5) is 18.9. The summed E-state index contributed by atoms with van der Waals surface area (Å²) in [6.07, 6.45) is -0.185. The standard InChI is InChI=1S/C4H6O3.C4H6O2/c1-2-3-7-4(5)6;1-3(2)4(5)6/h2H,1,3H2,(H,5,6);1H2,2H3,(H,5,6)/p-2. The monoisotopic (exact) mass is 186 g/mol. The highest BCUT2D eigenvalue weighted by Gasteiger charge is 1.76. The Balaban J connectivity index is 0. The van der Waals surface area contributed by atoms with Crippen LogP contribution in [0.4, 0.5) is 4.79 Å². The van der Waals surface area contributed by atoms with Crippen LogP contribution < -0.4 is 10.2 Å². The fraction of sp³-hybridized carbons (Fsp3) is 0.250. The molecule has 0 aromatic heterocycles. The van der Waals surface area contributed by atoms with Crippen molar-refractivity contribution >= 4 is 12.1 Å². The van der Waals surface area contributed by atoms with Crippen LogP contribution in [0.1, 0.15) is 6.92 Å². The number of carbonyl (C=O) groups excluding carboxylic acids is 2. The molecule has 0 aromatic rings. The topological polar surface area (TPSA) is 89.5 Å². The van der Waals surface area contributed by atoms with Crippen LogP contribution in [0.2, 0.25) is 0 Å². The van der Waals surface area contributed by atoms with Crippen molar-refractivity contribution in [1.82, 2.24) is 0 Å². The molecule has 0 N–H and O–H groups in total. The minimum Gasteiger partial charge on any atom is -0.546 e. The highest BCUT2D eigenvalue weighted by Crippen LogP contribution is 1.77. The van der Waals surface area contributed by atoms with Gasteiger partial charge in [0.1, 0.15) is 0 Å². The Morgan fingerprint density at radius 3 is 1.92 bits per heavy atom. The van der Waals surface area contributed by atoms with Crippen LogP contribution in [0.5, 0.6) is 0 Å². The Morgan fingerprint density at radius 1 is 1.46 bits per heavy atom. The van der Waals surface area contributed by atoms with Crippen molar-refractivity contribution in [2.24, 2.45) is 0 Å². The zero-order valence-corrected chi connectivity index (χ0v) is 7.24. The third-order valence-corrected chi connectivity index (χ3v) is 0.667. The molecule has 0 amide bonds. The largest absolute Gasteiger partial charge is 0.546 e. The molecule has 0 bridgehead atoms. The van der Waals surface area contributed by atoms with Gasteiger partial charge in [0.05, 0.1) is 5.97 Å². The van der Waals surface area contributed by atoms with E-state index in [9.17, 15) is 19.8 Å². The van der Waals surface area contributed by atoms with Crippen molar-refractivity contribution in [3.63, 3.8) is 0 Å². The Labute approximate surface area is 75.9 Å². The number of carboxylic acids is 1. The van der Waals surface area contributed by atoms with E-state index >= 15 is 0 Å². The van der Waals surface area contributed by atoms with Crippen LogP contribution in [-0.4, -0.2) is 18.7 Å². The van der Waals surface area contributed by atoms with E-state index in [0.717, 1.165) is 0 Å². The molecule has 5 nitrogen and oxygen atoms in total. The molecule has 5 heteroatoms. The molecule has 0 aromatic carbocycles. The Hall–Kier alpha value is -1.78. The molecule has 0 spiro atoms. The molecule has 0 rings (SSSR count). The van der Waals surface area contributed by atoms with Gasteiger partial charge in [-0.2, -0.15) is 0 Å². The van der Waals surface area contributed by atoms with Crippen LogP contribution in [0.25, 0.3) is 0 Å². The molecule has 0 aliphatic carbocycles. The lowest BCUT2D eigenvalue weighted by Crippen LogP contribution is -2.23. The van der Waals surface area contributed by atoms with Crippen molar-refractivity contribution in [1.29, 1.82) is 0 Å². The van der Waals surface area contributed by atoms with Crippen LogP contribution in [-0.2, 0) is 9.53 Å². The molecule has 0 heterocycles. The van der Waals surface area contributed by atoms with Gasteiger partial charge in [0.2, 0.25) is 0 Å². The van der Waals surface area contributed by atoms with Gasteiger partial charge >= 0.3 is 0 Å². The van der Waals surface area contributed by atoms with Gasteiger partial charge < -0.3 is 24.5 Å². The highest BCUT2D eigenvalue weighted by atomic mass is 16.7. The van der Waals surface area contributed by atoms with Crippen molar-refractivity contribution in [2.45, 2.75) is 6.92 Å². The van der Waals surface area contributed by atoms with Gasteiger partial charge in [0.25, 0.3) is 6.16 Å².